The summed E-state index contributed by atoms with van der Waals surface area (Å²) in [6.45, 7) is 6.09. The van der Waals surface area contributed by atoms with E-state index in [-0.39, 0.29) is 11.8 Å². The lowest BCUT2D eigenvalue weighted by atomic mass is 10.1. The van der Waals surface area contributed by atoms with Gasteiger partial charge in [-0.3, -0.25) is 14.5 Å². The molecule has 0 saturated carbocycles. The first kappa shape index (κ1) is 30.6. The van der Waals surface area contributed by atoms with Crippen LogP contribution in [0.1, 0.15) is 55.7 Å². The lowest BCUT2D eigenvalue weighted by Gasteiger charge is -2.28. The normalized spacial score (nSPS) is 14.7. The highest BCUT2D eigenvalue weighted by Gasteiger charge is 2.24. The number of aryl methyl sites for hydroxylation is 1. The van der Waals surface area contributed by atoms with E-state index in [4.69, 9.17) is 16.3 Å². The van der Waals surface area contributed by atoms with Gasteiger partial charge in [0.1, 0.15) is 5.75 Å². The van der Waals surface area contributed by atoms with Gasteiger partial charge in [0.25, 0.3) is 0 Å². The second-order valence-electron chi connectivity index (χ2n) is 10.7. The van der Waals surface area contributed by atoms with E-state index in [0.29, 0.717) is 37.5 Å². The molecular formula is C34H42ClN3O3. The summed E-state index contributed by atoms with van der Waals surface area (Å²) in [5.74, 6) is 1.07. The molecule has 0 fully saturated rings. The van der Waals surface area contributed by atoms with Crippen LogP contribution in [0.2, 0.25) is 5.02 Å². The number of anilines is 1. The van der Waals surface area contributed by atoms with Gasteiger partial charge in [-0.25, -0.2) is 0 Å². The Hall–Kier alpha value is -3.35. The average Bonchev–Trinajstić information content (AvgIpc) is 3.01. The van der Waals surface area contributed by atoms with Gasteiger partial charge in [-0.15, -0.1) is 0 Å². The Kier molecular flexibility index (Phi) is 11.6. The zero-order chi connectivity index (χ0) is 29.0. The highest BCUT2D eigenvalue weighted by atomic mass is 35.5. The number of ether oxygens (including phenoxy) is 1. The van der Waals surface area contributed by atoms with Gasteiger partial charge in [0.2, 0.25) is 11.8 Å². The molecule has 0 unspecified atom stereocenters. The Labute approximate surface area is 249 Å². The number of rotatable bonds is 9. The molecule has 0 spiro atoms. The van der Waals surface area contributed by atoms with E-state index in [1.54, 1.807) is 7.11 Å². The summed E-state index contributed by atoms with van der Waals surface area (Å²) in [6.07, 6.45) is 4.04. The molecule has 7 heteroatoms. The molecule has 3 aromatic rings. The minimum Gasteiger partial charge on any atom is -0.496 e. The Morgan fingerprint density at radius 2 is 1.66 bits per heavy atom. The van der Waals surface area contributed by atoms with Gasteiger partial charge in [0.15, 0.2) is 0 Å². The standard InChI is InChI=1S/C34H42ClN3O3/c1-3-11-34(40)38-21-10-20-36(25-27-12-5-4-6-13-27)22-23-37(26-29-18-19-30(35)24-31(29)38)33(39)17-9-15-28-14-7-8-16-32(28)41-2/h4-8,12-14,16,18-19,24H,3,9-11,15,17,20-23,25-26H2,1-2H3. The van der Waals surface area contributed by atoms with Crippen molar-refractivity contribution in [3.8, 4) is 5.75 Å². The lowest BCUT2D eigenvalue weighted by molar-refractivity contribution is -0.132. The first-order chi connectivity index (χ1) is 20.0. The third-order valence-electron chi connectivity index (χ3n) is 7.64. The topological polar surface area (TPSA) is 53.1 Å². The van der Waals surface area contributed by atoms with Crippen LogP contribution in [0.4, 0.5) is 5.69 Å². The zero-order valence-electron chi connectivity index (χ0n) is 24.4. The monoisotopic (exact) mass is 575 g/mol. The third-order valence-corrected chi connectivity index (χ3v) is 7.87. The summed E-state index contributed by atoms with van der Waals surface area (Å²) < 4.78 is 5.50. The Morgan fingerprint density at radius 3 is 2.44 bits per heavy atom. The second-order valence-corrected chi connectivity index (χ2v) is 11.1. The molecule has 41 heavy (non-hydrogen) atoms. The molecular weight excluding hydrogens is 534 g/mol. The molecule has 1 aliphatic rings. The predicted octanol–water partition coefficient (Wildman–Crippen LogP) is 6.74. The number of carbonyl (C=O) groups is 2. The number of para-hydroxylation sites is 1. The molecule has 4 rings (SSSR count). The van der Waals surface area contributed by atoms with Crippen LogP contribution in [0, 0.1) is 0 Å². The van der Waals surface area contributed by atoms with Gasteiger partial charge < -0.3 is 14.5 Å². The van der Waals surface area contributed by atoms with Crippen LogP contribution in [0.25, 0.3) is 0 Å². The minimum atomic E-state index is 0.0968. The van der Waals surface area contributed by atoms with Crippen LogP contribution in [-0.4, -0.2) is 54.9 Å². The Bertz CT molecular complexity index is 1280. The van der Waals surface area contributed by atoms with Gasteiger partial charge in [-0.2, -0.15) is 0 Å². The molecule has 0 aliphatic carbocycles. The van der Waals surface area contributed by atoms with Crippen LogP contribution >= 0.6 is 11.6 Å². The lowest BCUT2D eigenvalue weighted by Crippen LogP contribution is -2.38. The summed E-state index contributed by atoms with van der Waals surface area (Å²) in [5.41, 5.74) is 4.12. The molecule has 1 heterocycles. The number of halogens is 1. The molecule has 0 N–H and O–H groups in total. The summed E-state index contributed by atoms with van der Waals surface area (Å²) in [6, 6.07) is 24.1. The molecule has 0 aromatic heterocycles. The van der Waals surface area contributed by atoms with E-state index in [1.165, 1.54) is 5.56 Å². The summed E-state index contributed by atoms with van der Waals surface area (Å²) in [7, 11) is 1.68. The van der Waals surface area contributed by atoms with Gasteiger partial charge in [0, 0.05) is 57.1 Å². The van der Waals surface area contributed by atoms with Crippen LogP contribution in [0.3, 0.4) is 0 Å². The maximum Gasteiger partial charge on any atom is 0.226 e. The molecule has 0 saturated heterocycles. The zero-order valence-corrected chi connectivity index (χ0v) is 25.1. The van der Waals surface area contributed by atoms with Crippen molar-refractivity contribution in [1.82, 2.24) is 9.80 Å². The second kappa shape index (κ2) is 15.6. The molecule has 0 bridgehead atoms. The van der Waals surface area contributed by atoms with E-state index in [2.05, 4.69) is 35.2 Å². The van der Waals surface area contributed by atoms with E-state index in [0.717, 1.165) is 67.9 Å². The fraction of sp³-hybridized carbons (Fsp3) is 0.412. The fourth-order valence-corrected chi connectivity index (χ4v) is 5.64. The maximum atomic E-state index is 13.7. The van der Waals surface area contributed by atoms with Crippen molar-refractivity contribution < 1.29 is 14.3 Å². The third kappa shape index (κ3) is 8.82. The smallest absolute Gasteiger partial charge is 0.226 e. The van der Waals surface area contributed by atoms with Crippen LogP contribution < -0.4 is 9.64 Å². The highest BCUT2D eigenvalue weighted by molar-refractivity contribution is 6.31. The van der Waals surface area contributed by atoms with Crippen molar-refractivity contribution >= 4 is 29.1 Å². The molecule has 218 valence electrons. The van der Waals surface area contributed by atoms with Crippen LogP contribution in [0.5, 0.6) is 5.75 Å². The Morgan fingerprint density at radius 1 is 0.878 bits per heavy atom. The molecule has 0 radical (unpaired) electrons. The van der Waals surface area contributed by atoms with Gasteiger partial charge >= 0.3 is 0 Å². The van der Waals surface area contributed by atoms with Crippen LogP contribution in [0.15, 0.2) is 72.8 Å². The maximum absolute atomic E-state index is 13.7. The van der Waals surface area contributed by atoms with E-state index in [1.807, 2.05) is 59.2 Å². The van der Waals surface area contributed by atoms with Crippen molar-refractivity contribution in [3.63, 3.8) is 0 Å². The summed E-state index contributed by atoms with van der Waals surface area (Å²) >= 11 is 6.45. The average molecular weight is 576 g/mol. The number of amides is 2. The summed E-state index contributed by atoms with van der Waals surface area (Å²) in [5, 5.41) is 0.591. The highest BCUT2D eigenvalue weighted by Crippen LogP contribution is 2.29. The quantitative estimate of drug-likeness (QED) is 0.283. The van der Waals surface area contributed by atoms with Crippen molar-refractivity contribution in [3.05, 3.63) is 94.5 Å². The molecule has 6 nitrogen and oxygen atoms in total. The predicted molar refractivity (Wildman–Crippen MR) is 166 cm³/mol. The fourth-order valence-electron chi connectivity index (χ4n) is 5.47. The first-order valence-electron chi connectivity index (χ1n) is 14.7. The van der Waals surface area contributed by atoms with Gasteiger partial charge in [-0.05, 0) is 60.6 Å². The number of carbonyl (C=O) groups excluding carboxylic acids is 2. The molecule has 1 aliphatic heterocycles. The van der Waals surface area contributed by atoms with Crippen molar-refractivity contribution in [2.75, 3.05) is 38.2 Å². The minimum absolute atomic E-state index is 0.0968. The number of methoxy groups -OCH3 is 1. The molecule has 0 atom stereocenters. The van der Waals surface area contributed by atoms with Crippen LogP contribution in [-0.2, 0) is 29.1 Å². The van der Waals surface area contributed by atoms with E-state index < -0.39 is 0 Å². The van der Waals surface area contributed by atoms with Crippen molar-refractivity contribution in [1.29, 1.82) is 0 Å². The largest absolute Gasteiger partial charge is 0.496 e. The first-order valence-corrected chi connectivity index (χ1v) is 15.1. The van der Waals surface area contributed by atoms with Crippen molar-refractivity contribution in [2.45, 2.75) is 58.5 Å². The van der Waals surface area contributed by atoms with Gasteiger partial charge in [-0.1, -0.05) is 73.1 Å². The van der Waals surface area contributed by atoms with Gasteiger partial charge in [0.05, 0.1) is 12.8 Å². The molecule has 3 aromatic carbocycles. The number of fused-ring (bicyclic) bond motifs is 1. The summed E-state index contributed by atoms with van der Waals surface area (Å²) in [4.78, 5) is 33.3. The van der Waals surface area contributed by atoms with E-state index in [9.17, 15) is 9.59 Å². The molecule has 2 amide bonds. The number of benzene rings is 3. The van der Waals surface area contributed by atoms with Crippen molar-refractivity contribution in [2.24, 2.45) is 0 Å². The number of hydrogen-bond acceptors (Lipinski definition) is 4. The number of hydrogen-bond donors (Lipinski definition) is 0. The number of nitrogens with zero attached hydrogens (tertiary/aromatic N) is 3. The Balaban J connectivity index is 1.57. The van der Waals surface area contributed by atoms with E-state index >= 15 is 0 Å². The SMILES string of the molecule is CCCC(=O)N1CCCN(Cc2ccccc2)CCN(C(=O)CCCc2ccccc2OC)Cc2ccc(Cl)cc21.